The largest absolute Gasteiger partial charge is 0.491 e. The standard InChI is InChI=1S/C32H43ClN4O6/c1-19(2)15-26-32(41)37(6)12-14-43-27-10-8-7-9-22(27)30(39)36-25(18-29(38)35-26)31(40)34-11-13-42-28-16-21(5)24(33)17-23(28)20(3)4/h7-10,16-17,19-20,25-26H,11-15,18H2,1-6H3,(H,34,40)(H,35,38)(H,36,39)/t25-,26+/m0/s1. The molecule has 0 saturated carbocycles. The third-order valence-corrected chi connectivity index (χ3v) is 7.52. The van der Waals surface area contributed by atoms with E-state index in [1.165, 1.54) is 4.90 Å². The van der Waals surface area contributed by atoms with E-state index in [-0.39, 0.29) is 56.0 Å². The van der Waals surface area contributed by atoms with Gasteiger partial charge in [0.2, 0.25) is 17.7 Å². The van der Waals surface area contributed by atoms with Crippen LogP contribution in [-0.2, 0) is 14.4 Å². The SMILES string of the molecule is Cc1cc(OCCNC(=O)[C@@H]2CC(=O)N[C@H](CC(C)C)C(=O)N(C)CCOc3ccccc3C(=O)N2)c(C(C)C)cc1Cl. The number of para-hydroxylation sites is 1. The van der Waals surface area contributed by atoms with Crippen molar-refractivity contribution < 1.29 is 28.7 Å². The van der Waals surface area contributed by atoms with Gasteiger partial charge in [-0.3, -0.25) is 19.2 Å². The number of likely N-dealkylation sites (N-methyl/N-ethyl adjacent to an activating group) is 1. The summed E-state index contributed by atoms with van der Waals surface area (Å²) < 4.78 is 11.8. The molecule has 0 fully saturated rings. The monoisotopic (exact) mass is 614 g/mol. The average molecular weight is 615 g/mol. The van der Waals surface area contributed by atoms with Gasteiger partial charge in [-0.1, -0.05) is 51.4 Å². The van der Waals surface area contributed by atoms with Gasteiger partial charge in [-0.05, 0) is 60.6 Å². The van der Waals surface area contributed by atoms with Crippen molar-refractivity contribution >= 4 is 35.2 Å². The molecule has 0 radical (unpaired) electrons. The molecule has 4 amide bonds. The van der Waals surface area contributed by atoms with E-state index in [9.17, 15) is 19.2 Å². The molecule has 2 atom stereocenters. The number of ether oxygens (including phenoxy) is 2. The molecule has 3 N–H and O–H groups in total. The Bertz CT molecular complexity index is 1310. The number of rotatable bonds is 8. The molecule has 0 aromatic heterocycles. The van der Waals surface area contributed by atoms with Crippen molar-refractivity contribution in [3.63, 3.8) is 0 Å². The van der Waals surface area contributed by atoms with Crippen LogP contribution in [0.4, 0.5) is 0 Å². The topological polar surface area (TPSA) is 126 Å². The Labute approximate surface area is 258 Å². The van der Waals surface area contributed by atoms with Crippen LogP contribution in [-0.4, -0.2) is 74.0 Å². The first-order valence-electron chi connectivity index (χ1n) is 14.6. The number of nitrogens with one attached hydrogen (secondary N) is 3. The molecule has 1 aliphatic rings. The summed E-state index contributed by atoms with van der Waals surface area (Å²) in [4.78, 5) is 54.5. The lowest BCUT2D eigenvalue weighted by Crippen LogP contribution is -2.53. The molecule has 0 spiro atoms. The predicted octanol–water partition coefficient (Wildman–Crippen LogP) is 3.84. The summed E-state index contributed by atoms with van der Waals surface area (Å²) in [7, 11) is 1.64. The summed E-state index contributed by atoms with van der Waals surface area (Å²) >= 11 is 6.30. The lowest BCUT2D eigenvalue weighted by atomic mass is 10.0. The first-order chi connectivity index (χ1) is 20.4. The molecule has 43 heavy (non-hydrogen) atoms. The van der Waals surface area contributed by atoms with Gasteiger partial charge < -0.3 is 30.3 Å². The second-order valence-corrected chi connectivity index (χ2v) is 11.9. The van der Waals surface area contributed by atoms with Gasteiger partial charge in [-0.25, -0.2) is 0 Å². The second kappa shape index (κ2) is 15.6. The molecule has 3 rings (SSSR count). The Hall–Kier alpha value is -3.79. The van der Waals surface area contributed by atoms with Crippen molar-refractivity contribution in [1.29, 1.82) is 0 Å². The fourth-order valence-corrected chi connectivity index (χ4v) is 4.90. The van der Waals surface area contributed by atoms with E-state index in [2.05, 4.69) is 16.0 Å². The van der Waals surface area contributed by atoms with Gasteiger partial charge in [-0.2, -0.15) is 0 Å². The minimum atomic E-state index is -1.21. The normalized spacial score (nSPS) is 18.3. The third kappa shape index (κ3) is 9.61. The number of carbonyl (C=O) groups excluding carboxylic acids is 4. The third-order valence-electron chi connectivity index (χ3n) is 7.12. The van der Waals surface area contributed by atoms with Crippen molar-refractivity contribution in [2.75, 3.05) is 33.4 Å². The van der Waals surface area contributed by atoms with Crippen LogP contribution < -0.4 is 25.4 Å². The minimum absolute atomic E-state index is 0.129. The average Bonchev–Trinajstić information content (AvgIpc) is 2.94. The highest BCUT2D eigenvalue weighted by Crippen LogP contribution is 2.32. The maximum absolute atomic E-state index is 13.3. The van der Waals surface area contributed by atoms with Crippen molar-refractivity contribution in [3.8, 4) is 11.5 Å². The molecule has 1 aliphatic heterocycles. The van der Waals surface area contributed by atoms with E-state index in [0.717, 1.165) is 11.1 Å². The van der Waals surface area contributed by atoms with Crippen molar-refractivity contribution in [2.45, 2.75) is 65.5 Å². The number of fused-ring (bicyclic) bond motifs is 1. The molecule has 2 aromatic rings. The van der Waals surface area contributed by atoms with E-state index in [4.69, 9.17) is 21.1 Å². The maximum atomic E-state index is 13.3. The molecular formula is C32H43ClN4O6. The lowest BCUT2D eigenvalue weighted by Gasteiger charge is -2.27. The molecule has 11 heteroatoms. The molecule has 2 aromatic carbocycles. The van der Waals surface area contributed by atoms with Gasteiger partial charge in [0.05, 0.1) is 25.1 Å². The molecule has 1 heterocycles. The quantitative estimate of drug-likeness (QED) is 0.388. The van der Waals surface area contributed by atoms with E-state index < -0.39 is 29.8 Å². The van der Waals surface area contributed by atoms with E-state index in [0.29, 0.717) is 22.9 Å². The smallest absolute Gasteiger partial charge is 0.255 e. The molecular weight excluding hydrogens is 572 g/mol. The molecule has 0 unspecified atom stereocenters. The fraction of sp³-hybridized carbons (Fsp3) is 0.500. The van der Waals surface area contributed by atoms with Crippen LogP contribution in [0.5, 0.6) is 11.5 Å². The van der Waals surface area contributed by atoms with Crippen LogP contribution >= 0.6 is 11.6 Å². The zero-order chi connectivity index (χ0) is 31.7. The van der Waals surface area contributed by atoms with E-state index in [1.54, 1.807) is 31.3 Å². The van der Waals surface area contributed by atoms with E-state index >= 15 is 0 Å². The van der Waals surface area contributed by atoms with Gasteiger partial charge in [0.25, 0.3) is 5.91 Å². The molecule has 0 aliphatic carbocycles. The Morgan fingerprint density at radius 3 is 2.56 bits per heavy atom. The second-order valence-electron chi connectivity index (χ2n) is 11.5. The Balaban J connectivity index is 1.78. The van der Waals surface area contributed by atoms with Crippen LogP contribution in [0, 0.1) is 12.8 Å². The summed E-state index contributed by atoms with van der Waals surface area (Å²) in [5.74, 6) is -0.591. The zero-order valence-corrected chi connectivity index (χ0v) is 26.5. The number of halogens is 1. The highest BCUT2D eigenvalue weighted by molar-refractivity contribution is 6.31. The van der Waals surface area contributed by atoms with Gasteiger partial charge in [0.15, 0.2) is 0 Å². The molecule has 0 saturated heterocycles. The van der Waals surface area contributed by atoms with Crippen LogP contribution in [0.3, 0.4) is 0 Å². The lowest BCUT2D eigenvalue weighted by molar-refractivity contribution is -0.136. The van der Waals surface area contributed by atoms with E-state index in [1.807, 2.05) is 46.8 Å². The summed E-state index contributed by atoms with van der Waals surface area (Å²) in [6.45, 7) is 10.6. The number of hydrogen-bond donors (Lipinski definition) is 3. The maximum Gasteiger partial charge on any atom is 0.255 e. The number of nitrogens with zero attached hydrogens (tertiary/aromatic N) is 1. The summed E-state index contributed by atoms with van der Waals surface area (Å²) in [6.07, 6.45) is 0.0582. The Morgan fingerprint density at radius 1 is 1.14 bits per heavy atom. The molecule has 234 valence electrons. The van der Waals surface area contributed by atoms with Gasteiger partial charge >= 0.3 is 0 Å². The number of carbonyl (C=O) groups is 4. The van der Waals surface area contributed by atoms with Crippen LogP contribution in [0.15, 0.2) is 36.4 Å². The van der Waals surface area contributed by atoms with Crippen molar-refractivity contribution in [1.82, 2.24) is 20.9 Å². The molecule has 0 bridgehead atoms. The zero-order valence-electron chi connectivity index (χ0n) is 25.8. The van der Waals surface area contributed by atoms with Crippen LogP contribution in [0.2, 0.25) is 5.02 Å². The number of benzene rings is 2. The van der Waals surface area contributed by atoms with Gasteiger partial charge in [0.1, 0.15) is 36.8 Å². The predicted molar refractivity (Wildman–Crippen MR) is 166 cm³/mol. The van der Waals surface area contributed by atoms with Crippen LogP contribution in [0.1, 0.15) is 67.9 Å². The summed E-state index contributed by atoms with van der Waals surface area (Å²) in [5, 5.41) is 8.89. The molecule has 10 nitrogen and oxygen atoms in total. The van der Waals surface area contributed by atoms with Crippen molar-refractivity contribution in [3.05, 3.63) is 58.1 Å². The first kappa shape index (κ1) is 33.7. The summed E-state index contributed by atoms with van der Waals surface area (Å²) in [6, 6.07) is 8.40. The minimum Gasteiger partial charge on any atom is -0.491 e. The highest BCUT2D eigenvalue weighted by atomic mass is 35.5. The number of amides is 4. The number of hydrogen-bond acceptors (Lipinski definition) is 6. The Morgan fingerprint density at radius 2 is 1.86 bits per heavy atom. The summed E-state index contributed by atoms with van der Waals surface area (Å²) in [5.41, 5.74) is 2.05. The highest BCUT2D eigenvalue weighted by Gasteiger charge is 2.30. The van der Waals surface area contributed by atoms with Crippen molar-refractivity contribution in [2.24, 2.45) is 5.92 Å². The number of aryl methyl sites for hydroxylation is 1. The fourth-order valence-electron chi connectivity index (χ4n) is 4.73. The van der Waals surface area contributed by atoms with Gasteiger partial charge in [0, 0.05) is 12.1 Å². The van der Waals surface area contributed by atoms with Gasteiger partial charge in [-0.15, -0.1) is 0 Å². The first-order valence-corrected chi connectivity index (χ1v) is 15.0. The Kier molecular flexibility index (Phi) is 12.2. The van der Waals surface area contributed by atoms with Crippen LogP contribution in [0.25, 0.3) is 0 Å².